The van der Waals surface area contributed by atoms with E-state index in [1.54, 1.807) is 7.05 Å². The maximum absolute atomic E-state index is 15.2. The highest BCUT2D eigenvalue weighted by molar-refractivity contribution is 6.31. The highest BCUT2D eigenvalue weighted by Gasteiger charge is 2.60. The number of nitrogens with one attached hydrogen (secondary N) is 3. The number of carbonyl (C=O) groups is 2. The lowest BCUT2D eigenvalue weighted by molar-refractivity contribution is -0.123. The van der Waals surface area contributed by atoms with Gasteiger partial charge in [-0.15, -0.1) is 0 Å². The number of carbonyl (C=O) groups excluding carboxylic acids is 2. The van der Waals surface area contributed by atoms with Gasteiger partial charge in [-0.1, -0.05) is 50.0 Å². The van der Waals surface area contributed by atoms with Gasteiger partial charge in [0.1, 0.15) is 17.9 Å². The minimum absolute atomic E-state index is 0.0513. The zero-order valence-corrected chi connectivity index (χ0v) is 27.2. The van der Waals surface area contributed by atoms with Crippen molar-refractivity contribution in [3.8, 4) is 0 Å². The molecule has 0 bridgehead atoms. The van der Waals surface area contributed by atoms with Crippen LogP contribution in [0.2, 0.25) is 10.0 Å². The summed E-state index contributed by atoms with van der Waals surface area (Å²) in [6.07, 6.45) is 1.97. The van der Waals surface area contributed by atoms with E-state index in [1.807, 2.05) is 25.7 Å². The molecule has 4 rings (SSSR count). The zero-order chi connectivity index (χ0) is 32.2. The molecule has 2 aliphatic rings. The summed E-state index contributed by atoms with van der Waals surface area (Å²) in [6.45, 7) is 10.6. The third kappa shape index (κ3) is 7.37. The molecular weight excluding hydrogens is 611 g/mol. The van der Waals surface area contributed by atoms with E-state index in [2.05, 4.69) is 20.9 Å². The lowest BCUT2D eigenvalue weighted by atomic mass is 9.62. The van der Waals surface area contributed by atoms with Crippen LogP contribution in [-0.4, -0.2) is 92.2 Å². The third-order valence-corrected chi connectivity index (χ3v) is 9.39. The van der Waals surface area contributed by atoms with Crippen molar-refractivity contribution >= 4 is 41.1 Å². The van der Waals surface area contributed by atoms with Crippen LogP contribution in [0.25, 0.3) is 0 Å². The fourth-order valence-corrected chi connectivity index (χ4v) is 7.00. The summed E-state index contributed by atoms with van der Waals surface area (Å²) in [5, 5.41) is 18.6. The van der Waals surface area contributed by atoms with E-state index in [0.29, 0.717) is 36.2 Å². The van der Waals surface area contributed by atoms with E-state index in [4.69, 9.17) is 23.2 Å². The molecule has 2 aromatic carbocycles. The van der Waals surface area contributed by atoms with Crippen LogP contribution in [0.15, 0.2) is 30.3 Å². The van der Waals surface area contributed by atoms with Crippen molar-refractivity contribution in [2.24, 2.45) is 5.41 Å². The summed E-state index contributed by atoms with van der Waals surface area (Å²) in [6, 6.07) is 5.38. The molecule has 0 unspecified atom stereocenters. The van der Waals surface area contributed by atoms with Crippen molar-refractivity contribution in [3.05, 3.63) is 63.1 Å². The summed E-state index contributed by atoms with van der Waals surface area (Å²) in [5.41, 5.74) is -0.461. The van der Waals surface area contributed by atoms with E-state index in [9.17, 15) is 19.1 Å². The van der Waals surface area contributed by atoms with E-state index >= 15 is 4.39 Å². The second-order valence-electron chi connectivity index (χ2n) is 13.0. The Morgan fingerprint density at radius 3 is 2.34 bits per heavy atom. The van der Waals surface area contributed by atoms with Crippen LogP contribution in [0.5, 0.6) is 0 Å². The van der Waals surface area contributed by atoms with Crippen LogP contribution in [0.4, 0.5) is 14.5 Å². The average Bonchev–Trinajstić information content (AvgIpc) is 3.31. The number of halogens is 4. The molecule has 2 fully saturated rings. The number of benzene rings is 2. The Morgan fingerprint density at radius 1 is 1.09 bits per heavy atom. The van der Waals surface area contributed by atoms with Crippen LogP contribution in [-0.2, 0) is 15.0 Å². The van der Waals surface area contributed by atoms with Crippen molar-refractivity contribution < 1.29 is 23.5 Å². The number of aldehydes is 1. The molecule has 0 aromatic heterocycles. The predicted molar refractivity (Wildman–Crippen MR) is 170 cm³/mol. The van der Waals surface area contributed by atoms with Crippen molar-refractivity contribution in [2.75, 3.05) is 58.4 Å². The first-order valence-corrected chi connectivity index (χ1v) is 15.8. The van der Waals surface area contributed by atoms with Gasteiger partial charge in [-0.25, -0.2) is 8.78 Å². The predicted octanol–water partition coefficient (Wildman–Crippen LogP) is 4.38. The fraction of sp³-hybridized carbons (Fsp3) is 0.562. The van der Waals surface area contributed by atoms with Gasteiger partial charge >= 0.3 is 0 Å². The first kappa shape index (κ1) is 34.5. The molecule has 0 aliphatic carbocycles. The standard InChI is InChI=1S/C32H43Cl2F2N5O3/c1-31(2,3)17-27-32(18-42,21-15-25(36)23(34)16-26(21)37-4)28(20-6-7-24(35)22(33)14-20)29(39-27)30(44)38-8-5-9-40-10-12-41(19-43)13-11-40/h6-7,14-16,18,27-29,37,39,43H,5,8-13,17,19H2,1-4H3,(H,38,44)/t27-,28+,29-,32-/m1/s1. The number of rotatable bonds is 11. The molecule has 2 heterocycles. The Labute approximate surface area is 268 Å². The largest absolute Gasteiger partial charge is 0.388 e. The highest BCUT2D eigenvalue weighted by Crippen LogP contribution is 2.52. The minimum Gasteiger partial charge on any atom is -0.388 e. The third-order valence-electron chi connectivity index (χ3n) is 8.81. The van der Waals surface area contributed by atoms with Gasteiger partial charge in [0, 0.05) is 57.4 Å². The van der Waals surface area contributed by atoms with Gasteiger partial charge in [0.2, 0.25) is 5.91 Å². The van der Waals surface area contributed by atoms with Gasteiger partial charge in [-0.05, 0) is 60.2 Å². The number of hydrogen-bond acceptors (Lipinski definition) is 7. The molecule has 4 atom stereocenters. The van der Waals surface area contributed by atoms with Crippen molar-refractivity contribution in [2.45, 2.75) is 57.0 Å². The van der Waals surface area contributed by atoms with Gasteiger partial charge in [0.05, 0.1) is 28.2 Å². The topological polar surface area (TPSA) is 96.9 Å². The van der Waals surface area contributed by atoms with Gasteiger partial charge in [0.25, 0.3) is 0 Å². The molecule has 1 amide bonds. The molecule has 2 saturated heterocycles. The Balaban J connectivity index is 1.72. The molecule has 8 nitrogen and oxygen atoms in total. The van der Waals surface area contributed by atoms with Crippen molar-refractivity contribution in [1.82, 2.24) is 20.4 Å². The summed E-state index contributed by atoms with van der Waals surface area (Å²) >= 11 is 12.4. The van der Waals surface area contributed by atoms with E-state index < -0.39 is 35.1 Å². The lowest BCUT2D eigenvalue weighted by Gasteiger charge is -2.39. The first-order valence-electron chi connectivity index (χ1n) is 15.0. The normalized spacial score (nSPS) is 24.8. The molecule has 44 heavy (non-hydrogen) atoms. The van der Waals surface area contributed by atoms with Crippen LogP contribution in [0.3, 0.4) is 0 Å². The van der Waals surface area contributed by atoms with E-state index in [0.717, 1.165) is 39.0 Å². The van der Waals surface area contributed by atoms with Crippen LogP contribution in [0, 0.1) is 17.0 Å². The molecule has 2 aliphatic heterocycles. The maximum Gasteiger partial charge on any atom is 0.237 e. The maximum atomic E-state index is 15.2. The van der Waals surface area contributed by atoms with Gasteiger partial charge in [0.15, 0.2) is 0 Å². The number of aliphatic hydroxyl groups is 1. The quantitative estimate of drug-likeness (QED) is 0.211. The molecule has 0 spiro atoms. The summed E-state index contributed by atoms with van der Waals surface area (Å²) < 4.78 is 29.5. The number of anilines is 1. The molecule has 242 valence electrons. The summed E-state index contributed by atoms with van der Waals surface area (Å²) in [7, 11) is 1.66. The first-order chi connectivity index (χ1) is 20.8. The molecule has 12 heteroatoms. The second kappa shape index (κ2) is 14.4. The highest BCUT2D eigenvalue weighted by atomic mass is 35.5. The minimum atomic E-state index is -1.45. The van der Waals surface area contributed by atoms with Crippen LogP contribution < -0.4 is 16.0 Å². The lowest BCUT2D eigenvalue weighted by Crippen LogP contribution is -2.48. The number of amides is 1. The van der Waals surface area contributed by atoms with Crippen molar-refractivity contribution in [1.29, 1.82) is 0 Å². The van der Waals surface area contributed by atoms with Crippen LogP contribution in [0.1, 0.15) is 50.7 Å². The van der Waals surface area contributed by atoms with E-state index in [1.165, 1.54) is 30.3 Å². The number of hydrogen-bond donors (Lipinski definition) is 4. The fourth-order valence-electron chi connectivity index (χ4n) is 6.65. The summed E-state index contributed by atoms with van der Waals surface area (Å²) in [4.78, 5) is 31.8. The van der Waals surface area contributed by atoms with Crippen LogP contribution >= 0.6 is 23.2 Å². The second-order valence-corrected chi connectivity index (χ2v) is 13.8. The SMILES string of the molecule is CNc1cc(Cl)c(F)cc1[C@]1(C=O)[C@@H](CC(C)(C)C)N[C@@H](C(=O)NCCCN2CCN(CO)CC2)[C@@H]1c1ccc(F)c(Cl)c1. The van der Waals surface area contributed by atoms with Gasteiger partial charge < -0.3 is 30.8 Å². The molecular formula is C32H43Cl2F2N5O3. The Morgan fingerprint density at radius 2 is 1.75 bits per heavy atom. The summed E-state index contributed by atoms with van der Waals surface area (Å²) in [5.74, 6) is -2.49. The monoisotopic (exact) mass is 653 g/mol. The Hall–Kier alpha value is -2.34. The molecule has 2 aromatic rings. The molecule has 4 N–H and O–H groups in total. The number of aliphatic hydroxyl groups excluding tert-OH is 1. The smallest absolute Gasteiger partial charge is 0.237 e. The van der Waals surface area contributed by atoms with Crippen molar-refractivity contribution in [3.63, 3.8) is 0 Å². The number of nitrogens with zero attached hydrogens (tertiary/aromatic N) is 2. The van der Waals surface area contributed by atoms with Gasteiger partial charge in [-0.3, -0.25) is 9.69 Å². The average molecular weight is 655 g/mol. The zero-order valence-electron chi connectivity index (χ0n) is 25.7. The number of piperazine rings is 1. The molecule has 0 saturated carbocycles. The van der Waals surface area contributed by atoms with E-state index in [-0.39, 0.29) is 28.1 Å². The Kier molecular flexibility index (Phi) is 11.3. The van der Waals surface area contributed by atoms with Gasteiger partial charge in [-0.2, -0.15) is 0 Å². The Bertz CT molecular complexity index is 1340. The molecule has 0 radical (unpaired) electrons.